The van der Waals surface area contributed by atoms with Gasteiger partial charge in [-0.15, -0.1) is 0 Å². The van der Waals surface area contributed by atoms with Gasteiger partial charge < -0.3 is 14.0 Å². The summed E-state index contributed by atoms with van der Waals surface area (Å²) in [5.41, 5.74) is 2.64. The third-order valence-electron chi connectivity index (χ3n) is 4.00. The highest BCUT2D eigenvalue weighted by Crippen LogP contribution is 2.29. The Kier molecular flexibility index (Phi) is 5.53. The van der Waals surface area contributed by atoms with E-state index >= 15 is 0 Å². The zero-order valence-corrected chi connectivity index (χ0v) is 14.7. The number of ether oxygens (including phenoxy) is 2. The molecule has 0 fully saturated rings. The van der Waals surface area contributed by atoms with Gasteiger partial charge >= 0.3 is 0 Å². The Morgan fingerprint density at radius 2 is 1.85 bits per heavy atom. The molecule has 134 valence electrons. The molecule has 0 aliphatic heterocycles. The van der Waals surface area contributed by atoms with Crippen molar-refractivity contribution in [2.75, 3.05) is 19.5 Å². The summed E-state index contributed by atoms with van der Waals surface area (Å²) in [4.78, 5) is 12.3. The number of methoxy groups -OCH3 is 2. The standard InChI is InChI=1S/C20H20N2O4/c1-24-16-9-7-15(8-10-16)18-13-21-26-20(18)22-19(23)11-6-14-4-3-5-17(12-14)25-2/h3-5,7-10,12-13H,6,11H2,1-2H3,(H,22,23). The van der Waals surface area contributed by atoms with E-state index in [-0.39, 0.29) is 5.91 Å². The Bertz CT molecular complexity index is 872. The van der Waals surface area contributed by atoms with E-state index in [0.29, 0.717) is 18.7 Å². The molecule has 0 bridgehead atoms. The van der Waals surface area contributed by atoms with Crippen LogP contribution in [0.15, 0.2) is 59.3 Å². The van der Waals surface area contributed by atoms with E-state index in [2.05, 4.69) is 10.5 Å². The average molecular weight is 352 g/mol. The molecule has 0 unspecified atom stereocenters. The van der Waals surface area contributed by atoms with Crippen LogP contribution in [0.5, 0.6) is 11.5 Å². The molecule has 0 radical (unpaired) electrons. The molecule has 0 saturated carbocycles. The Hall–Kier alpha value is -3.28. The molecule has 0 spiro atoms. The number of carbonyl (C=O) groups excluding carboxylic acids is 1. The second-order valence-corrected chi connectivity index (χ2v) is 5.70. The maximum Gasteiger partial charge on any atom is 0.239 e. The van der Waals surface area contributed by atoms with Gasteiger partial charge in [0.25, 0.3) is 0 Å². The van der Waals surface area contributed by atoms with Crippen molar-refractivity contribution in [3.63, 3.8) is 0 Å². The number of hydrogen-bond acceptors (Lipinski definition) is 5. The van der Waals surface area contributed by atoms with Crippen molar-refractivity contribution in [2.45, 2.75) is 12.8 Å². The third kappa shape index (κ3) is 4.22. The maximum atomic E-state index is 12.3. The van der Waals surface area contributed by atoms with Gasteiger partial charge in [-0.3, -0.25) is 10.1 Å². The van der Waals surface area contributed by atoms with Crippen LogP contribution < -0.4 is 14.8 Å². The molecule has 1 heterocycles. The number of hydrogen-bond donors (Lipinski definition) is 1. The summed E-state index contributed by atoms with van der Waals surface area (Å²) >= 11 is 0. The van der Waals surface area contributed by atoms with Crippen LogP contribution in [0.1, 0.15) is 12.0 Å². The Labute approximate surface area is 151 Å². The summed E-state index contributed by atoms with van der Waals surface area (Å²) in [5, 5.41) is 6.58. The minimum atomic E-state index is -0.140. The van der Waals surface area contributed by atoms with Crippen molar-refractivity contribution in [3.8, 4) is 22.6 Å². The van der Waals surface area contributed by atoms with Crippen molar-refractivity contribution in [2.24, 2.45) is 0 Å². The van der Waals surface area contributed by atoms with E-state index < -0.39 is 0 Å². The van der Waals surface area contributed by atoms with E-state index in [4.69, 9.17) is 14.0 Å². The van der Waals surface area contributed by atoms with Crippen LogP contribution in [0, 0.1) is 0 Å². The molecule has 3 aromatic rings. The lowest BCUT2D eigenvalue weighted by molar-refractivity contribution is -0.116. The van der Waals surface area contributed by atoms with Gasteiger partial charge in [0.1, 0.15) is 11.5 Å². The van der Waals surface area contributed by atoms with Crippen LogP contribution in [-0.2, 0) is 11.2 Å². The molecule has 6 nitrogen and oxygen atoms in total. The van der Waals surface area contributed by atoms with Crippen molar-refractivity contribution in [1.82, 2.24) is 5.16 Å². The summed E-state index contributed by atoms with van der Waals surface area (Å²) in [6, 6.07) is 15.1. The van der Waals surface area contributed by atoms with Crippen LogP contribution in [0.2, 0.25) is 0 Å². The second kappa shape index (κ2) is 8.20. The van der Waals surface area contributed by atoms with Crippen LogP contribution >= 0.6 is 0 Å². The zero-order valence-electron chi connectivity index (χ0n) is 14.7. The predicted octanol–water partition coefficient (Wildman–Crippen LogP) is 3.93. The molecule has 0 atom stereocenters. The smallest absolute Gasteiger partial charge is 0.239 e. The molecule has 1 aromatic heterocycles. The van der Waals surface area contributed by atoms with Crippen molar-refractivity contribution >= 4 is 11.8 Å². The van der Waals surface area contributed by atoms with Crippen LogP contribution in [-0.4, -0.2) is 25.3 Å². The quantitative estimate of drug-likeness (QED) is 0.697. The minimum absolute atomic E-state index is 0.140. The van der Waals surface area contributed by atoms with E-state index in [1.807, 2.05) is 48.5 Å². The fourth-order valence-corrected chi connectivity index (χ4v) is 2.58. The first kappa shape index (κ1) is 17.5. The molecule has 0 aliphatic carbocycles. The molecular weight excluding hydrogens is 332 g/mol. The summed E-state index contributed by atoms with van der Waals surface area (Å²) in [5.74, 6) is 1.74. The predicted molar refractivity (Wildman–Crippen MR) is 98.4 cm³/mol. The van der Waals surface area contributed by atoms with Crippen molar-refractivity contribution in [1.29, 1.82) is 0 Å². The summed E-state index contributed by atoms with van der Waals surface area (Å²) in [6.07, 6.45) is 2.52. The SMILES string of the molecule is COc1ccc(-c2cnoc2NC(=O)CCc2cccc(OC)c2)cc1. The number of aryl methyl sites for hydroxylation is 1. The maximum absolute atomic E-state index is 12.3. The lowest BCUT2D eigenvalue weighted by Crippen LogP contribution is -2.12. The largest absolute Gasteiger partial charge is 0.497 e. The van der Waals surface area contributed by atoms with E-state index in [1.54, 1.807) is 20.4 Å². The fourth-order valence-electron chi connectivity index (χ4n) is 2.58. The highest BCUT2D eigenvalue weighted by molar-refractivity contribution is 5.93. The number of rotatable bonds is 7. The molecule has 1 N–H and O–H groups in total. The van der Waals surface area contributed by atoms with Crippen LogP contribution in [0.25, 0.3) is 11.1 Å². The van der Waals surface area contributed by atoms with Crippen molar-refractivity contribution < 1.29 is 18.8 Å². The van der Waals surface area contributed by atoms with Crippen molar-refractivity contribution in [3.05, 3.63) is 60.3 Å². The van der Waals surface area contributed by atoms with E-state index in [9.17, 15) is 4.79 Å². The van der Waals surface area contributed by atoms with Gasteiger partial charge in [-0.2, -0.15) is 0 Å². The zero-order chi connectivity index (χ0) is 18.4. The monoisotopic (exact) mass is 352 g/mol. The van der Waals surface area contributed by atoms with Crippen LogP contribution in [0.4, 0.5) is 5.88 Å². The van der Waals surface area contributed by atoms with Gasteiger partial charge in [0.2, 0.25) is 11.8 Å². The number of nitrogens with one attached hydrogen (secondary N) is 1. The highest BCUT2D eigenvalue weighted by Gasteiger charge is 2.14. The molecule has 0 saturated heterocycles. The Balaban J connectivity index is 1.63. The second-order valence-electron chi connectivity index (χ2n) is 5.70. The molecule has 0 aliphatic rings. The third-order valence-corrected chi connectivity index (χ3v) is 4.00. The molecular formula is C20H20N2O4. The van der Waals surface area contributed by atoms with Gasteiger partial charge in [0.15, 0.2) is 0 Å². The normalized spacial score (nSPS) is 10.4. The van der Waals surface area contributed by atoms with Gasteiger partial charge in [0.05, 0.1) is 26.0 Å². The fraction of sp³-hybridized carbons (Fsp3) is 0.200. The van der Waals surface area contributed by atoms with Gasteiger partial charge in [-0.05, 0) is 41.8 Å². The number of amides is 1. The number of nitrogens with zero attached hydrogens (tertiary/aromatic N) is 1. The molecule has 2 aromatic carbocycles. The van der Waals surface area contributed by atoms with Gasteiger partial charge in [0, 0.05) is 6.42 Å². The first-order valence-corrected chi connectivity index (χ1v) is 8.21. The summed E-state index contributed by atoms with van der Waals surface area (Å²) < 4.78 is 15.6. The number of benzene rings is 2. The first-order chi connectivity index (χ1) is 12.7. The lowest BCUT2D eigenvalue weighted by atomic mass is 10.1. The summed E-state index contributed by atoms with van der Waals surface area (Å²) in [6.45, 7) is 0. The minimum Gasteiger partial charge on any atom is -0.497 e. The summed E-state index contributed by atoms with van der Waals surface area (Å²) in [7, 11) is 3.23. The van der Waals surface area contributed by atoms with E-state index in [1.165, 1.54) is 0 Å². The number of aromatic nitrogens is 1. The molecule has 3 rings (SSSR count). The first-order valence-electron chi connectivity index (χ1n) is 8.21. The molecule has 1 amide bonds. The van der Waals surface area contributed by atoms with E-state index in [0.717, 1.165) is 28.2 Å². The molecule has 26 heavy (non-hydrogen) atoms. The average Bonchev–Trinajstić information content (AvgIpc) is 3.14. The Morgan fingerprint density at radius 3 is 2.58 bits per heavy atom. The van der Waals surface area contributed by atoms with Gasteiger partial charge in [-0.1, -0.05) is 29.4 Å². The molecule has 6 heteroatoms. The Morgan fingerprint density at radius 1 is 1.08 bits per heavy atom. The van der Waals surface area contributed by atoms with Crippen LogP contribution in [0.3, 0.4) is 0 Å². The van der Waals surface area contributed by atoms with Gasteiger partial charge in [-0.25, -0.2) is 0 Å². The number of carbonyl (C=O) groups is 1. The number of anilines is 1. The topological polar surface area (TPSA) is 73.6 Å². The highest BCUT2D eigenvalue weighted by atomic mass is 16.5. The lowest BCUT2D eigenvalue weighted by Gasteiger charge is -2.06.